The van der Waals surface area contributed by atoms with E-state index >= 15 is 0 Å². The van der Waals surface area contributed by atoms with Crippen molar-refractivity contribution < 1.29 is 14.3 Å². The van der Waals surface area contributed by atoms with Crippen LogP contribution in [0.25, 0.3) is 0 Å². The number of aromatic nitrogens is 1. The summed E-state index contributed by atoms with van der Waals surface area (Å²) in [6.45, 7) is 0.515. The number of nitrogens with one attached hydrogen (secondary N) is 1. The van der Waals surface area contributed by atoms with Crippen molar-refractivity contribution in [3.8, 4) is 0 Å². The third kappa shape index (κ3) is 3.64. The Bertz CT molecular complexity index is 438. The molecule has 2 N–H and O–H groups in total. The number of amides is 2. The van der Waals surface area contributed by atoms with E-state index < -0.39 is 5.95 Å². The fourth-order valence-electron chi connectivity index (χ4n) is 2.33. The Morgan fingerprint density at radius 1 is 1.58 bits per heavy atom. The summed E-state index contributed by atoms with van der Waals surface area (Å²) in [5.74, 6) is -0.442. The first-order chi connectivity index (χ1) is 9.06. The molecule has 0 aliphatic heterocycles. The molecule has 2 unspecified atom stereocenters. The Labute approximate surface area is 111 Å². The number of pyridine rings is 1. The highest BCUT2D eigenvalue weighted by Crippen LogP contribution is 2.26. The standard InChI is InChI=1S/C13H18FN3O2/c1-17(8-9-3-2-4-11(9)18)13(19)16-10-5-6-12(14)15-7-10/h5-7,9,11,18H,2-4,8H2,1H3,(H,16,19). The second kappa shape index (κ2) is 5.97. The average Bonchev–Trinajstić information content (AvgIpc) is 2.78. The second-order valence-electron chi connectivity index (χ2n) is 4.94. The summed E-state index contributed by atoms with van der Waals surface area (Å²) >= 11 is 0. The van der Waals surface area contributed by atoms with E-state index in [0.717, 1.165) is 19.3 Å². The zero-order valence-corrected chi connectivity index (χ0v) is 10.8. The number of hydrogen-bond acceptors (Lipinski definition) is 3. The Kier molecular flexibility index (Phi) is 4.31. The van der Waals surface area contributed by atoms with Crippen molar-refractivity contribution in [2.24, 2.45) is 5.92 Å². The first kappa shape index (κ1) is 13.7. The molecule has 6 heteroatoms. The first-order valence-corrected chi connectivity index (χ1v) is 6.38. The van der Waals surface area contributed by atoms with Gasteiger partial charge in [0.15, 0.2) is 0 Å². The number of carbonyl (C=O) groups is 1. The van der Waals surface area contributed by atoms with Gasteiger partial charge in [0.05, 0.1) is 18.0 Å². The molecule has 104 valence electrons. The van der Waals surface area contributed by atoms with Gasteiger partial charge >= 0.3 is 6.03 Å². The maximum absolute atomic E-state index is 12.6. The van der Waals surface area contributed by atoms with Crippen molar-refractivity contribution in [1.29, 1.82) is 0 Å². The Morgan fingerprint density at radius 3 is 2.95 bits per heavy atom. The zero-order valence-electron chi connectivity index (χ0n) is 10.8. The quantitative estimate of drug-likeness (QED) is 0.821. The number of rotatable bonds is 3. The van der Waals surface area contributed by atoms with Crippen LogP contribution < -0.4 is 5.32 Å². The molecule has 1 heterocycles. The predicted octanol–water partition coefficient (Wildman–Crippen LogP) is 1.85. The molecule has 2 amide bonds. The third-order valence-corrected chi connectivity index (χ3v) is 3.45. The molecule has 0 bridgehead atoms. The van der Waals surface area contributed by atoms with Gasteiger partial charge < -0.3 is 15.3 Å². The molecule has 2 atom stereocenters. The molecule has 1 aliphatic rings. The molecule has 1 aliphatic carbocycles. The van der Waals surface area contributed by atoms with Crippen LogP contribution in [0.15, 0.2) is 18.3 Å². The molecule has 19 heavy (non-hydrogen) atoms. The molecule has 1 fully saturated rings. The zero-order chi connectivity index (χ0) is 13.8. The van der Waals surface area contributed by atoms with Gasteiger partial charge in [-0.15, -0.1) is 0 Å². The van der Waals surface area contributed by atoms with Gasteiger partial charge in [0.1, 0.15) is 0 Å². The molecule has 0 aromatic carbocycles. The highest BCUT2D eigenvalue weighted by molar-refractivity contribution is 5.88. The molecular formula is C13H18FN3O2. The molecule has 0 radical (unpaired) electrons. The number of urea groups is 1. The minimum Gasteiger partial charge on any atom is -0.393 e. The van der Waals surface area contributed by atoms with Crippen molar-refractivity contribution in [1.82, 2.24) is 9.88 Å². The van der Waals surface area contributed by atoms with Gasteiger partial charge in [-0.1, -0.05) is 6.42 Å². The van der Waals surface area contributed by atoms with Crippen LogP contribution in [0.3, 0.4) is 0 Å². The summed E-state index contributed by atoms with van der Waals surface area (Å²) in [4.78, 5) is 16.9. The van der Waals surface area contributed by atoms with E-state index in [9.17, 15) is 14.3 Å². The van der Waals surface area contributed by atoms with Gasteiger partial charge in [-0.3, -0.25) is 0 Å². The van der Waals surface area contributed by atoms with E-state index in [-0.39, 0.29) is 18.1 Å². The minimum atomic E-state index is -0.583. The Balaban J connectivity index is 1.86. The molecule has 0 saturated heterocycles. The summed E-state index contributed by atoms with van der Waals surface area (Å²) in [6.07, 6.45) is 3.70. The van der Waals surface area contributed by atoms with E-state index in [2.05, 4.69) is 10.3 Å². The average molecular weight is 267 g/mol. The molecule has 1 aromatic heterocycles. The van der Waals surface area contributed by atoms with Gasteiger partial charge in [-0.05, 0) is 25.0 Å². The first-order valence-electron chi connectivity index (χ1n) is 6.38. The topological polar surface area (TPSA) is 65.5 Å². The Hall–Kier alpha value is -1.69. The van der Waals surface area contributed by atoms with Crippen LogP contribution in [0.1, 0.15) is 19.3 Å². The summed E-state index contributed by atoms with van der Waals surface area (Å²) in [5, 5.41) is 12.4. The van der Waals surface area contributed by atoms with Gasteiger partial charge in [0, 0.05) is 19.5 Å². The van der Waals surface area contributed by atoms with Crippen LogP contribution >= 0.6 is 0 Å². The lowest BCUT2D eigenvalue weighted by molar-refractivity contribution is 0.116. The molecule has 0 spiro atoms. The van der Waals surface area contributed by atoms with Crippen LogP contribution in [0.5, 0.6) is 0 Å². The largest absolute Gasteiger partial charge is 0.393 e. The number of anilines is 1. The number of hydrogen-bond donors (Lipinski definition) is 2. The maximum atomic E-state index is 12.6. The van der Waals surface area contributed by atoms with Gasteiger partial charge in [-0.25, -0.2) is 9.78 Å². The molecule has 2 rings (SSSR count). The van der Waals surface area contributed by atoms with Crippen LogP contribution in [-0.4, -0.2) is 40.7 Å². The lowest BCUT2D eigenvalue weighted by atomic mass is 10.1. The van der Waals surface area contributed by atoms with E-state index in [0.29, 0.717) is 12.2 Å². The number of aliphatic hydroxyl groups is 1. The summed E-state index contributed by atoms with van der Waals surface area (Å²) in [6, 6.07) is 2.36. The normalized spacial score (nSPS) is 22.3. The second-order valence-corrected chi connectivity index (χ2v) is 4.94. The maximum Gasteiger partial charge on any atom is 0.321 e. The smallest absolute Gasteiger partial charge is 0.321 e. The van der Waals surface area contributed by atoms with E-state index in [1.165, 1.54) is 23.2 Å². The van der Waals surface area contributed by atoms with Crippen LogP contribution in [0.4, 0.5) is 14.9 Å². The number of halogens is 1. The molecular weight excluding hydrogens is 249 g/mol. The van der Waals surface area contributed by atoms with Crippen LogP contribution in [-0.2, 0) is 0 Å². The van der Waals surface area contributed by atoms with Crippen molar-refractivity contribution in [2.75, 3.05) is 18.9 Å². The summed E-state index contributed by atoms with van der Waals surface area (Å²) in [5.41, 5.74) is 0.449. The van der Waals surface area contributed by atoms with Crippen molar-refractivity contribution in [3.63, 3.8) is 0 Å². The van der Waals surface area contributed by atoms with Crippen molar-refractivity contribution in [3.05, 3.63) is 24.3 Å². The number of aliphatic hydroxyl groups excluding tert-OH is 1. The van der Waals surface area contributed by atoms with E-state index in [1.807, 2.05) is 0 Å². The van der Waals surface area contributed by atoms with Gasteiger partial charge in [-0.2, -0.15) is 4.39 Å². The van der Waals surface area contributed by atoms with E-state index in [4.69, 9.17) is 0 Å². The predicted molar refractivity (Wildman–Crippen MR) is 69.2 cm³/mol. The van der Waals surface area contributed by atoms with Crippen LogP contribution in [0, 0.1) is 11.9 Å². The van der Waals surface area contributed by atoms with Gasteiger partial charge in [0.25, 0.3) is 0 Å². The fourth-order valence-corrected chi connectivity index (χ4v) is 2.33. The minimum absolute atomic E-state index is 0.141. The summed E-state index contributed by atoms with van der Waals surface area (Å²) in [7, 11) is 1.68. The number of carbonyl (C=O) groups excluding carboxylic acids is 1. The third-order valence-electron chi connectivity index (χ3n) is 3.45. The van der Waals surface area contributed by atoms with E-state index in [1.54, 1.807) is 7.05 Å². The van der Waals surface area contributed by atoms with Crippen molar-refractivity contribution >= 4 is 11.7 Å². The number of nitrogens with zero attached hydrogens (tertiary/aromatic N) is 2. The molecule has 1 aromatic rings. The highest BCUT2D eigenvalue weighted by Gasteiger charge is 2.27. The highest BCUT2D eigenvalue weighted by atomic mass is 19.1. The summed E-state index contributed by atoms with van der Waals surface area (Å²) < 4.78 is 12.6. The lowest BCUT2D eigenvalue weighted by Crippen LogP contribution is -2.37. The molecule has 1 saturated carbocycles. The lowest BCUT2D eigenvalue weighted by Gasteiger charge is -2.23. The fraction of sp³-hybridized carbons (Fsp3) is 0.538. The SMILES string of the molecule is CN(CC1CCCC1O)C(=O)Nc1ccc(F)nc1. The van der Waals surface area contributed by atoms with Crippen molar-refractivity contribution in [2.45, 2.75) is 25.4 Å². The van der Waals surface area contributed by atoms with Crippen LogP contribution in [0.2, 0.25) is 0 Å². The Morgan fingerprint density at radius 2 is 2.37 bits per heavy atom. The monoisotopic (exact) mass is 267 g/mol. The molecule has 5 nitrogen and oxygen atoms in total. The van der Waals surface area contributed by atoms with Gasteiger partial charge in [0.2, 0.25) is 5.95 Å².